The van der Waals surface area contributed by atoms with E-state index in [2.05, 4.69) is 30.7 Å². The van der Waals surface area contributed by atoms with E-state index in [1.54, 1.807) is 17.7 Å². The van der Waals surface area contributed by atoms with Crippen molar-refractivity contribution in [1.82, 2.24) is 9.97 Å². The molecule has 1 unspecified atom stereocenters. The van der Waals surface area contributed by atoms with Gasteiger partial charge in [0.25, 0.3) is 0 Å². The molecule has 0 saturated carbocycles. The smallest absolute Gasteiger partial charge is 0.127 e. The Balaban J connectivity index is 2.40. The van der Waals surface area contributed by atoms with Crippen LogP contribution in [0.4, 0.5) is 0 Å². The van der Waals surface area contributed by atoms with Gasteiger partial charge in [0, 0.05) is 22.7 Å². The fourth-order valence-corrected chi connectivity index (χ4v) is 3.15. The first-order valence-corrected chi connectivity index (χ1v) is 6.90. The highest BCUT2D eigenvalue weighted by Crippen LogP contribution is 2.30. The van der Waals surface area contributed by atoms with E-state index in [1.165, 1.54) is 15.8 Å². The molecule has 4 heteroatoms. The Morgan fingerprint density at radius 2 is 2.12 bits per heavy atom. The van der Waals surface area contributed by atoms with Crippen LogP contribution in [0, 0.1) is 13.8 Å². The van der Waals surface area contributed by atoms with Crippen LogP contribution in [-0.2, 0) is 6.42 Å². The first kappa shape index (κ1) is 12.5. The van der Waals surface area contributed by atoms with Crippen LogP contribution < -0.4 is 5.73 Å². The van der Waals surface area contributed by atoms with Gasteiger partial charge in [-0.15, -0.1) is 11.3 Å². The molecular weight excluding hydrogens is 230 g/mol. The van der Waals surface area contributed by atoms with Crippen molar-refractivity contribution >= 4 is 21.6 Å². The molecule has 0 aliphatic heterocycles. The fourth-order valence-electron chi connectivity index (χ4n) is 2.13. The van der Waals surface area contributed by atoms with Crippen LogP contribution in [0.15, 0.2) is 6.33 Å². The van der Waals surface area contributed by atoms with Crippen LogP contribution in [-0.4, -0.2) is 16.0 Å². The molecule has 2 heterocycles. The van der Waals surface area contributed by atoms with Crippen molar-refractivity contribution in [2.75, 3.05) is 0 Å². The van der Waals surface area contributed by atoms with Crippen LogP contribution in [0.3, 0.4) is 0 Å². The van der Waals surface area contributed by atoms with Crippen molar-refractivity contribution in [3.8, 4) is 0 Å². The second-order valence-electron chi connectivity index (χ2n) is 4.54. The Morgan fingerprint density at radius 3 is 2.82 bits per heavy atom. The molecule has 0 bridgehead atoms. The van der Waals surface area contributed by atoms with Gasteiger partial charge in [0.1, 0.15) is 11.2 Å². The minimum atomic E-state index is 0.206. The maximum absolute atomic E-state index is 6.11. The van der Waals surface area contributed by atoms with Gasteiger partial charge in [-0.25, -0.2) is 9.97 Å². The molecule has 0 amide bonds. The highest BCUT2D eigenvalue weighted by Gasteiger charge is 2.13. The molecule has 2 aromatic rings. The van der Waals surface area contributed by atoms with Crippen molar-refractivity contribution < 1.29 is 0 Å². The van der Waals surface area contributed by atoms with E-state index in [-0.39, 0.29) is 6.04 Å². The molecular formula is C13H19N3S. The third-order valence-electron chi connectivity index (χ3n) is 3.16. The summed E-state index contributed by atoms with van der Waals surface area (Å²) in [6.45, 7) is 6.44. The highest BCUT2D eigenvalue weighted by molar-refractivity contribution is 7.18. The van der Waals surface area contributed by atoms with Crippen molar-refractivity contribution in [3.63, 3.8) is 0 Å². The number of nitrogens with two attached hydrogens (primary N) is 1. The Hall–Kier alpha value is -1.00. The molecule has 0 aliphatic rings. The first-order chi connectivity index (χ1) is 8.13. The van der Waals surface area contributed by atoms with E-state index in [0.29, 0.717) is 0 Å². The second kappa shape index (κ2) is 5.10. The predicted octanol–water partition coefficient (Wildman–Crippen LogP) is 2.98. The molecule has 0 radical (unpaired) electrons. The molecule has 2 rings (SSSR count). The van der Waals surface area contributed by atoms with E-state index in [9.17, 15) is 0 Å². The van der Waals surface area contributed by atoms with Crippen LogP contribution in [0.1, 0.15) is 35.9 Å². The predicted molar refractivity (Wildman–Crippen MR) is 73.5 cm³/mol. The normalized spacial score (nSPS) is 13.2. The molecule has 0 aliphatic carbocycles. The first-order valence-electron chi connectivity index (χ1n) is 6.08. The lowest BCUT2D eigenvalue weighted by Gasteiger charge is -2.10. The minimum Gasteiger partial charge on any atom is -0.327 e. The SMILES string of the molecule is CCCC(N)Cc1ncnc2sc(C)c(C)c12. The third kappa shape index (κ3) is 2.48. The van der Waals surface area contributed by atoms with Gasteiger partial charge in [-0.05, 0) is 25.8 Å². The maximum Gasteiger partial charge on any atom is 0.127 e. The quantitative estimate of drug-likeness (QED) is 0.906. The Bertz CT molecular complexity index is 519. The van der Waals surface area contributed by atoms with Gasteiger partial charge in [0.2, 0.25) is 0 Å². The Kier molecular flexibility index (Phi) is 3.74. The van der Waals surface area contributed by atoms with E-state index >= 15 is 0 Å². The lowest BCUT2D eigenvalue weighted by Crippen LogP contribution is -2.23. The average Bonchev–Trinajstić information content (AvgIpc) is 2.56. The van der Waals surface area contributed by atoms with Crippen LogP contribution in [0.2, 0.25) is 0 Å². The van der Waals surface area contributed by atoms with Crippen LogP contribution in [0.25, 0.3) is 10.2 Å². The maximum atomic E-state index is 6.11. The zero-order valence-corrected chi connectivity index (χ0v) is 11.5. The summed E-state index contributed by atoms with van der Waals surface area (Å²) < 4.78 is 0. The lowest BCUT2D eigenvalue weighted by atomic mass is 10.0. The number of nitrogens with zero attached hydrogens (tertiary/aromatic N) is 2. The Labute approximate surface area is 106 Å². The standard InChI is InChI=1S/C13H19N3S/c1-4-5-10(14)6-11-12-8(2)9(3)17-13(12)16-7-15-11/h7,10H,4-6,14H2,1-3H3. The monoisotopic (exact) mass is 249 g/mol. The largest absolute Gasteiger partial charge is 0.327 e. The summed E-state index contributed by atoms with van der Waals surface area (Å²) in [5.41, 5.74) is 8.53. The summed E-state index contributed by atoms with van der Waals surface area (Å²) in [6, 6.07) is 0.206. The molecule has 92 valence electrons. The summed E-state index contributed by atoms with van der Waals surface area (Å²) >= 11 is 1.74. The van der Waals surface area contributed by atoms with E-state index in [1.807, 2.05) is 0 Å². The van der Waals surface area contributed by atoms with E-state index in [0.717, 1.165) is 29.8 Å². The molecule has 2 N–H and O–H groups in total. The number of hydrogen-bond donors (Lipinski definition) is 1. The molecule has 3 nitrogen and oxygen atoms in total. The summed E-state index contributed by atoms with van der Waals surface area (Å²) in [5, 5.41) is 1.22. The van der Waals surface area contributed by atoms with Crippen molar-refractivity contribution in [1.29, 1.82) is 0 Å². The molecule has 2 aromatic heterocycles. The third-order valence-corrected chi connectivity index (χ3v) is 4.27. The molecule has 0 saturated heterocycles. The summed E-state index contributed by atoms with van der Waals surface area (Å²) in [5.74, 6) is 0. The number of thiophene rings is 1. The fraction of sp³-hybridized carbons (Fsp3) is 0.538. The van der Waals surface area contributed by atoms with Crippen molar-refractivity contribution in [2.45, 2.75) is 46.1 Å². The van der Waals surface area contributed by atoms with Crippen LogP contribution in [0.5, 0.6) is 0 Å². The number of hydrogen-bond acceptors (Lipinski definition) is 4. The van der Waals surface area contributed by atoms with E-state index in [4.69, 9.17) is 5.73 Å². The van der Waals surface area contributed by atoms with Gasteiger partial charge in [-0.3, -0.25) is 0 Å². The highest BCUT2D eigenvalue weighted by atomic mass is 32.1. The molecule has 0 aromatic carbocycles. The Morgan fingerprint density at radius 1 is 1.35 bits per heavy atom. The zero-order chi connectivity index (χ0) is 12.4. The topological polar surface area (TPSA) is 51.8 Å². The molecule has 0 fully saturated rings. The summed E-state index contributed by atoms with van der Waals surface area (Å²) in [4.78, 5) is 11.2. The van der Waals surface area contributed by atoms with Gasteiger partial charge in [-0.1, -0.05) is 13.3 Å². The van der Waals surface area contributed by atoms with Gasteiger partial charge in [0.05, 0.1) is 5.69 Å². The van der Waals surface area contributed by atoms with Gasteiger partial charge in [0.15, 0.2) is 0 Å². The molecule has 1 atom stereocenters. The number of aryl methyl sites for hydroxylation is 2. The summed E-state index contributed by atoms with van der Waals surface area (Å²) in [6.07, 6.45) is 4.68. The van der Waals surface area contributed by atoms with E-state index < -0.39 is 0 Å². The molecule has 0 spiro atoms. The van der Waals surface area contributed by atoms with Gasteiger partial charge in [-0.2, -0.15) is 0 Å². The van der Waals surface area contributed by atoms with Crippen molar-refractivity contribution in [2.24, 2.45) is 5.73 Å². The molecule has 17 heavy (non-hydrogen) atoms. The van der Waals surface area contributed by atoms with Gasteiger partial charge < -0.3 is 5.73 Å². The van der Waals surface area contributed by atoms with Crippen molar-refractivity contribution in [3.05, 3.63) is 22.5 Å². The van der Waals surface area contributed by atoms with Gasteiger partial charge >= 0.3 is 0 Å². The number of aromatic nitrogens is 2. The average molecular weight is 249 g/mol. The second-order valence-corrected chi connectivity index (χ2v) is 5.74. The summed E-state index contributed by atoms with van der Waals surface area (Å²) in [7, 11) is 0. The van der Waals surface area contributed by atoms with Crippen LogP contribution >= 0.6 is 11.3 Å². The number of rotatable bonds is 4. The minimum absolute atomic E-state index is 0.206. The number of fused-ring (bicyclic) bond motifs is 1. The zero-order valence-electron chi connectivity index (χ0n) is 10.7. The lowest BCUT2D eigenvalue weighted by molar-refractivity contribution is 0.595.